The maximum atomic E-state index is 11.8. The second-order valence-electron chi connectivity index (χ2n) is 10.3. The number of rotatable bonds is 8. The topological polar surface area (TPSA) is 49.3 Å². The summed E-state index contributed by atoms with van der Waals surface area (Å²) in [5.41, 5.74) is 6.48. The molecule has 0 spiro atoms. The second kappa shape index (κ2) is 10.7. The Morgan fingerprint density at radius 3 is 2.64 bits per heavy atom. The first kappa shape index (κ1) is 24.3. The summed E-state index contributed by atoms with van der Waals surface area (Å²) in [4.78, 5) is 11.8. The zero-order valence-corrected chi connectivity index (χ0v) is 21.2. The maximum Gasteiger partial charge on any atom is 0.335 e. The number of carboxylic acids is 1. The molecule has 5 rings (SSSR count). The number of carboxylic acid groups (broad SMARTS) is 1. The van der Waals surface area contributed by atoms with Crippen LogP contribution in [0.4, 0.5) is 0 Å². The standard InChI is InChI=1S/C33H35NO2/c1-22-16-17-27(21-31(22)33(35)36)32-20-24(19-26-11-4-6-14-30(26)32)9-8-18-34-23(2)28-15-7-12-25-10-3-5-13-29(25)28/h3-7,10-17,21,23-24,32,34H,8-9,18-20H2,1-2H3,(H,35,36)/t23-,24+,32?/m1/s1. The summed E-state index contributed by atoms with van der Waals surface area (Å²) >= 11 is 0. The van der Waals surface area contributed by atoms with Crippen molar-refractivity contribution < 1.29 is 9.90 Å². The van der Waals surface area contributed by atoms with Crippen LogP contribution in [0.2, 0.25) is 0 Å². The monoisotopic (exact) mass is 477 g/mol. The number of hydrogen-bond donors (Lipinski definition) is 2. The average Bonchev–Trinajstić information content (AvgIpc) is 2.90. The minimum absolute atomic E-state index is 0.251. The van der Waals surface area contributed by atoms with Gasteiger partial charge in [-0.3, -0.25) is 0 Å². The van der Waals surface area contributed by atoms with Crippen LogP contribution in [-0.2, 0) is 6.42 Å². The van der Waals surface area contributed by atoms with Gasteiger partial charge < -0.3 is 10.4 Å². The van der Waals surface area contributed by atoms with Gasteiger partial charge >= 0.3 is 5.97 Å². The van der Waals surface area contributed by atoms with E-state index < -0.39 is 5.97 Å². The van der Waals surface area contributed by atoms with E-state index in [2.05, 4.69) is 85.0 Å². The minimum Gasteiger partial charge on any atom is -0.478 e. The van der Waals surface area contributed by atoms with Crippen LogP contribution in [0.3, 0.4) is 0 Å². The van der Waals surface area contributed by atoms with Gasteiger partial charge in [0.25, 0.3) is 0 Å². The third kappa shape index (κ3) is 5.08. The van der Waals surface area contributed by atoms with Crippen LogP contribution in [-0.4, -0.2) is 17.6 Å². The Hall–Kier alpha value is -3.43. The molecule has 0 saturated heterocycles. The highest BCUT2D eigenvalue weighted by Gasteiger charge is 2.28. The van der Waals surface area contributed by atoms with Crippen molar-refractivity contribution in [1.29, 1.82) is 0 Å². The molecule has 3 atom stereocenters. The molecule has 4 aromatic carbocycles. The van der Waals surface area contributed by atoms with Gasteiger partial charge in [0, 0.05) is 12.0 Å². The first-order valence-electron chi connectivity index (χ1n) is 13.1. The normalized spacial score (nSPS) is 18.1. The molecule has 3 nitrogen and oxygen atoms in total. The van der Waals surface area contributed by atoms with Gasteiger partial charge in [0.15, 0.2) is 0 Å². The number of aromatic carboxylic acids is 1. The van der Waals surface area contributed by atoms with Crippen molar-refractivity contribution in [3.8, 4) is 0 Å². The fraction of sp³-hybridized carbons (Fsp3) is 0.303. The van der Waals surface area contributed by atoms with Crippen molar-refractivity contribution in [3.05, 3.63) is 118 Å². The highest BCUT2D eigenvalue weighted by Crippen LogP contribution is 2.41. The smallest absolute Gasteiger partial charge is 0.335 e. The van der Waals surface area contributed by atoms with Crippen LogP contribution < -0.4 is 5.32 Å². The molecule has 0 heterocycles. The van der Waals surface area contributed by atoms with Crippen molar-refractivity contribution in [1.82, 2.24) is 5.32 Å². The summed E-state index contributed by atoms with van der Waals surface area (Å²) in [5, 5.41) is 16.0. The lowest BCUT2D eigenvalue weighted by molar-refractivity contribution is 0.0696. The fourth-order valence-corrected chi connectivity index (χ4v) is 5.98. The Kier molecular flexibility index (Phi) is 7.20. The lowest BCUT2D eigenvalue weighted by atomic mass is 9.72. The highest BCUT2D eigenvalue weighted by molar-refractivity contribution is 5.89. The zero-order valence-electron chi connectivity index (χ0n) is 21.2. The summed E-state index contributed by atoms with van der Waals surface area (Å²) in [6.45, 7) is 5.12. The average molecular weight is 478 g/mol. The van der Waals surface area contributed by atoms with E-state index in [1.807, 2.05) is 19.1 Å². The summed E-state index contributed by atoms with van der Waals surface area (Å²) in [6, 6.07) is 30.2. The highest BCUT2D eigenvalue weighted by atomic mass is 16.4. The quantitative estimate of drug-likeness (QED) is 0.256. The predicted octanol–water partition coefficient (Wildman–Crippen LogP) is 7.67. The molecule has 0 bridgehead atoms. The molecule has 0 saturated carbocycles. The van der Waals surface area contributed by atoms with Crippen molar-refractivity contribution in [3.63, 3.8) is 0 Å². The zero-order chi connectivity index (χ0) is 25.1. The molecule has 0 aliphatic heterocycles. The van der Waals surface area contributed by atoms with E-state index in [4.69, 9.17) is 0 Å². The predicted molar refractivity (Wildman–Crippen MR) is 148 cm³/mol. The van der Waals surface area contributed by atoms with Crippen LogP contribution in [0.1, 0.15) is 76.3 Å². The van der Waals surface area contributed by atoms with Crippen molar-refractivity contribution in [2.24, 2.45) is 5.92 Å². The molecule has 184 valence electrons. The molecular formula is C33H35NO2. The van der Waals surface area contributed by atoms with E-state index in [1.165, 1.54) is 27.5 Å². The Bertz CT molecular complexity index is 1370. The first-order valence-corrected chi connectivity index (χ1v) is 13.1. The SMILES string of the molecule is Cc1ccc(C2C[C@@H](CCCN[C@H](C)c3cccc4ccccc34)Cc3ccccc32)cc1C(=O)O. The number of fused-ring (bicyclic) bond motifs is 2. The van der Waals surface area contributed by atoms with Gasteiger partial charge in [0.05, 0.1) is 5.56 Å². The summed E-state index contributed by atoms with van der Waals surface area (Å²) in [6.07, 6.45) is 4.46. The largest absolute Gasteiger partial charge is 0.478 e. The van der Waals surface area contributed by atoms with E-state index in [9.17, 15) is 9.90 Å². The minimum atomic E-state index is -0.846. The van der Waals surface area contributed by atoms with Crippen molar-refractivity contribution in [2.45, 2.75) is 51.5 Å². The Balaban J connectivity index is 1.25. The van der Waals surface area contributed by atoms with Gasteiger partial charge in [-0.1, -0.05) is 78.9 Å². The molecule has 4 aromatic rings. The molecule has 0 aromatic heterocycles. The van der Waals surface area contributed by atoms with Crippen LogP contribution in [0.25, 0.3) is 10.8 Å². The molecule has 3 heteroatoms. The van der Waals surface area contributed by atoms with Crippen LogP contribution in [0.15, 0.2) is 84.9 Å². The molecule has 1 aliphatic carbocycles. The Labute approximate surface area is 214 Å². The van der Waals surface area contributed by atoms with Gasteiger partial charge in [-0.05, 0) is 96.6 Å². The lowest BCUT2D eigenvalue weighted by Crippen LogP contribution is -2.23. The van der Waals surface area contributed by atoms with Gasteiger partial charge in [-0.2, -0.15) is 0 Å². The second-order valence-corrected chi connectivity index (χ2v) is 10.3. The van der Waals surface area contributed by atoms with E-state index in [0.717, 1.165) is 43.4 Å². The van der Waals surface area contributed by atoms with Crippen LogP contribution in [0.5, 0.6) is 0 Å². The number of benzene rings is 4. The molecule has 2 N–H and O–H groups in total. The number of hydrogen-bond acceptors (Lipinski definition) is 2. The van der Waals surface area contributed by atoms with E-state index in [0.29, 0.717) is 17.5 Å². The molecule has 0 radical (unpaired) electrons. The molecule has 1 unspecified atom stereocenters. The first-order chi connectivity index (χ1) is 17.5. The number of nitrogens with one attached hydrogen (secondary N) is 1. The number of aryl methyl sites for hydroxylation is 1. The third-order valence-electron chi connectivity index (χ3n) is 7.93. The van der Waals surface area contributed by atoms with E-state index >= 15 is 0 Å². The molecule has 36 heavy (non-hydrogen) atoms. The Morgan fingerprint density at radius 2 is 1.78 bits per heavy atom. The van der Waals surface area contributed by atoms with E-state index in [1.54, 1.807) is 0 Å². The van der Waals surface area contributed by atoms with Gasteiger partial charge in [-0.15, -0.1) is 0 Å². The molecule has 1 aliphatic rings. The number of carbonyl (C=O) groups is 1. The summed E-state index contributed by atoms with van der Waals surface area (Å²) < 4.78 is 0. The van der Waals surface area contributed by atoms with Crippen molar-refractivity contribution >= 4 is 16.7 Å². The molecule has 0 fully saturated rings. The lowest BCUT2D eigenvalue weighted by Gasteiger charge is -2.32. The van der Waals surface area contributed by atoms with E-state index in [-0.39, 0.29) is 5.92 Å². The Morgan fingerprint density at radius 1 is 1.00 bits per heavy atom. The third-order valence-corrected chi connectivity index (χ3v) is 7.93. The van der Waals surface area contributed by atoms with Gasteiger partial charge in [0.2, 0.25) is 0 Å². The maximum absolute atomic E-state index is 11.8. The van der Waals surface area contributed by atoms with Crippen LogP contribution in [0, 0.1) is 12.8 Å². The fourth-order valence-electron chi connectivity index (χ4n) is 5.98. The van der Waals surface area contributed by atoms with Crippen LogP contribution >= 0.6 is 0 Å². The van der Waals surface area contributed by atoms with Gasteiger partial charge in [-0.25, -0.2) is 4.79 Å². The van der Waals surface area contributed by atoms with Gasteiger partial charge in [0.1, 0.15) is 0 Å². The summed E-state index contributed by atoms with van der Waals surface area (Å²) in [7, 11) is 0. The molecule has 0 amide bonds. The molecular weight excluding hydrogens is 442 g/mol. The summed E-state index contributed by atoms with van der Waals surface area (Å²) in [5.74, 6) is -0.00302. The van der Waals surface area contributed by atoms with Crippen molar-refractivity contribution in [2.75, 3.05) is 6.54 Å².